The molecule has 0 saturated carbocycles. The fourth-order valence-corrected chi connectivity index (χ4v) is 10.7. The Morgan fingerprint density at radius 3 is 1.83 bits per heavy atom. The normalized spacial score (nSPS) is 19.4. The average Bonchev–Trinajstić information content (AvgIpc) is 3.78. The lowest BCUT2D eigenvalue weighted by molar-refractivity contribution is -0.142. The van der Waals surface area contributed by atoms with E-state index in [2.05, 4.69) is 77.7 Å². The van der Waals surface area contributed by atoms with Crippen LogP contribution in [-0.2, 0) is 32.2 Å². The summed E-state index contributed by atoms with van der Waals surface area (Å²) in [5, 5.41) is -0.359. The van der Waals surface area contributed by atoms with E-state index in [0.29, 0.717) is 13.2 Å². The van der Waals surface area contributed by atoms with Gasteiger partial charge in [0.25, 0.3) is 11.8 Å². The maximum Gasteiger partial charge on any atom is 0.318 e. The van der Waals surface area contributed by atoms with Gasteiger partial charge < -0.3 is 27.4 Å². The van der Waals surface area contributed by atoms with Crippen LogP contribution in [-0.4, -0.2) is 98.7 Å². The van der Waals surface area contributed by atoms with Gasteiger partial charge in [-0.3, -0.25) is 19.0 Å². The quantitative estimate of drug-likeness (QED) is 0.0456. The first-order valence-corrected chi connectivity index (χ1v) is 27.5. The van der Waals surface area contributed by atoms with Gasteiger partial charge in [-0.1, -0.05) is 77.9 Å². The summed E-state index contributed by atoms with van der Waals surface area (Å²) in [6.07, 6.45) is 0.443. The van der Waals surface area contributed by atoms with Crippen LogP contribution in [0.3, 0.4) is 0 Å². The van der Waals surface area contributed by atoms with Gasteiger partial charge in [0.05, 0.1) is 45.5 Å². The molecule has 4 aromatic rings. The van der Waals surface area contributed by atoms with Crippen molar-refractivity contribution in [1.29, 1.82) is 0 Å². The van der Waals surface area contributed by atoms with Crippen molar-refractivity contribution in [3.05, 3.63) is 84.4 Å². The molecule has 5 atom stereocenters. The van der Waals surface area contributed by atoms with Gasteiger partial charge in [0.15, 0.2) is 48.2 Å². The van der Waals surface area contributed by atoms with Crippen molar-refractivity contribution in [2.45, 2.75) is 116 Å². The second-order valence-corrected chi connectivity index (χ2v) is 29.1. The molecule has 60 heavy (non-hydrogen) atoms. The number of benzene rings is 2. The number of hydrogen-bond donors (Lipinski definition) is 0. The summed E-state index contributed by atoms with van der Waals surface area (Å²) in [7, 11) is -5.49. The summed E-state index contributed by atoms with van der Waals surface area (Å²) in [4.78, 5) is 57.8. The summed E-state index contributed by atoms with van der Waals surface area (Å²) in [6, 6.07) is 17.1. The van der Waals surface area contributed by atoms with Gasteiger partial charge in [-0.25, -0.2) is 19.9 Å². The van der Waals surface area contributed by atoms with Crippen molar-refractivity contribution in [2.24, 2.45) is 5.92 Å². The number of anilines is 1. The highest BCUT2D eigenvalue weighted by Gasteiger charge is 2.58. The van der Waals surface area contributed by atoms with Crippen molar-refractivity contribution >= 4 is 59.8 Å². The zero-order valence-corrected chi connectivity index (χ0v) is 40.2. The minimum absolute atomic E-state index is 0.000623. The van der Waals surface area contributed by atoms with Crippen LogP contribution in [0.5, 0.6) is 0 Å². The van der Waals surface area contributed by atoms with E-state index in [-0.39, 0.29) is 44.8 Å². The molecule has 1 unspecified atom stereocenters. The summed E-state index contributed by atoms with van der Waals surface area (Å²) < 4.78 is 41.1. The van der Waals surface area contributed by atoms with Gasteiger partial charge in [0.2, 0.25) is 0 Å². The molecule has 2 aromatic carbocycles. The molecule has 326 valence electrons. The number of nitrogens with zero attached hydrogens (tertiary/aromatic N) is 5. The minimum atomic E-state index is -2.65. The predicted octanol–water partition coefficient (Wildman–Crippen LogP) is 9.17. The first-order valence-electron chi connectivity index (χ1n) is 20.5. The van der Waals surface area contributed by atoms with Gasteiger partial charge >= 0.3 is 5.97 Å². The Morgan fingerprint density at radius 1 is 0.817 bits per heavy atom. The third-order valence-corrected chi connectivity index (χ3v) is 22.9. The van der Waals surface area contributed by atoms with Crippen LogP contribution >= 0.6 is 8.38 Å². The first-order chi connectivity index (χ1) is 28.2. The number of hydrogen-bond acceptors (Lipinski definition) is 12. The van der Waals surface area contributed by atoms with Crippen LogP contribution in [0.15, 0.2) is 73.3 Å². The fourth-order valence-electron chi connectivity index (χ4n) is 6.52. The number of amides is 2. The summed E-state index contributed by atoms with van der Waals surface area (Å²) in [6.45, 7) is 26.1. The van der Waals surface area contributed by atoms with Crippen LogP contribution in [0.2, 0.25) is 36.3 Å². The molecule has 1 fully saturated rings. The van der Waals surface area contributed by atoms with Gasteiger partial charge in [-0.2, -0.15) is 0 Å². The van der Waals surface area contributed by atoms with E-state index in [1.807, 2.05) is 13.8 Å². The van der Waals surface area contributed by atoms with Crippen molar-refractivity contribution in [3.8, 4) is 0 Å². The molecule has 2 amide bonds. The third kappa shape index (κ3) is 9.97. The third-order valence-electron chi connectivity index (χ3n) is 11.9. The Balaban J connectivity index is 1.74. The highest BCUT2D eigenvalue weighted by Crippen LogP contribution is 2.55. The summed E-state index contributed by atoms with van der Waals surface area (Å²) in [5.74, 6) is -2.36. The van der Waals surface area contributed by atoms with Crippen LogP contribution in [0.1, 0.15) is 82.3 Å². The lowest BCUT2D eigenvalue weighted by atomic mass is 9.94. The number of carbonyl (C=O) groups excluding carboxylic acids is 3. The zero-order chi connectivity index (χ0) is 44.2. The van der Waals surface area contributed by atoms with Gasteiger partial charge in [0, 0.05) is 17.0 Å². The van der Waals surface area contributed by atoms with Crippen molar-refractivity contribution in [2.75, 3.05) is 31.8 Å². The van der Waals surface area contributed by atoms with E-state index >= 15 is 0 Å². The molecule has 0 N–H and O–H groups in total. The molecular formula is C43H62N5O9PSi2. The standard InChI is InChI=1S/C43H62N5O9PSi2/c1-14-53-58(54-15-2)35(41(51)52-9)32-31(26-55-59(10,11)42(3,4)5)56-40(34(32)57-60(12,13)43(6,7)8)47-28-46-33-36(47)44-27-45-37(33)48(38(49)29-22-18-16-19-23-29)39(50)30-24-20-17-21-25-30/h16-25,27-28,31-32,34-35,40H,14-15,26H2,1-13H3/t31-,32-,34-,35?,40-/m1/s1. The fraction of sp³-hybridized carbons (Fsp3) is 0.535. The van der Waals surface area contributed by atoms with E-state index in [9.17, 15) is 14.4 Å². The second kappa shape index (κ2) is 19.1. The van der Waals surface area contributed by atoms with E-state index < -0.39 is 72.8 Å². The maximum absolute atomic E-state index is 14.3. The first kappa shape index (κ1) is 47.3. The minimum Gasteiger partial charge on any atom is -0.468 e. The molecular weight excluding hydrogens is 818 g/mol. The molecule has 1 saturated heterocycles. The number of esters is 1. The average molecular weight is 880 g/mol. The molecule has 14 nitrogen and oxygen atoms in total. The number of imide groups is 1. The zero-order valence-electron chi connectivity index (χ0n) is 37.3. The molecule has 0 bridgehead atoms. The number of imidazole rings is 1. The molecule has 17 heteroatoms. The highest BCUT2D eigenvalue weighted by atomic mass is 31.2. The monoisotopic (exact) mass is 879 g/mol. The summed E-state index contributed by atoms with van der Waals surface area (Å²) >= 11 is 0. The molecule has 3 heterocycles. The summed E-state index contributed by atoms with van der Waals surface area (Å²) in [5.41, 5.74) is 0.123. The van der Waals surface area contributed by atoms with Crippen LogP contribution in [0, 0.1) is 5.92 Å². The van der Waals surface area contributed by atoms with E-state index in [1.54, 1.807) is 71.6 Å². The molecule has 0 radical (unpaired) electrons. The van der Waals surface area contributed by atoms with E-state index in [1.165, 1.54) is 13.4 Å². The Morgan fingerprint density at radius 2 is 1.35 bits per heavy atom. The van der Waals surface area contributed by atoms with Crippen molar-refractivity contribution < 1.29 is 41.8 Å². The number of aromatic nitrogens is 4. The lowest BCUT2D eigenvalue weighted by Crippen LogP contribution is -2.51. The molecule has 5 rings (SSSR count). The highest BCUT2D eigenvalue weighted by molar-refractivity contribution is 7.49. The number of carbonyl (C=O) groups is 3. The topological polar surface area (TPSA) is 153 Å². The molecule has 0 spiro atoms. The predicted molar refractivity (Wildman–Crippen MR) is 238 cm³/mol. The van der Waals surface area contributed by atoms with Crippen LogP contribution in [0.4, 0.5) is 5.82 Å². The second-order valence-electron chi connectivity index (χ2n) is 17.8. The number of ether oxygens (including phenoxy) is 2. The number of fused-ring (bicyclic) bond motifs is 1. The van der Waals surface area contributed by atoms with Gasteiger partial charge in [-0.15, -0.1) is 0 Å². The van der Waals surface area contributed by atoms with Crippen molar-refractivity contribution in [1.82, 2.24) is 19.5 Å². The van der Waals surface area contributed by atoms with Gasteiger partial charge in [0.1, 0.15) is 12.0 Å². The maximum atomic E-state index is 14.3. The molecule has 1 aliphatic heterocycles. The largest absolute Gasteiger partial charge is 0.468 e. The lowest BCUT2D eigenvalue weighted by Gasteiger charge is -2.42. The van der Waals surface area contributed by atoms with Crippen LogP contribution in [0.25, 0.3) is 11.2 Å². The Labute approximate surface area is 357 Å². The van der Waals surface area contributed by atoms with Crippen LogP contribution < -0.4 is 4.90 Å². The Bertz CT molecular complexity index is 2040. The smallest absolute Gasteiger partial charge is 0.318 e. The SMILES string of the molecule is CCOP(OCC)C(C(=O)OC)[C@H]1[C@@H](O[Si](C)(C)C(C)(C)C)[C@H](n2cnc3c(N(C(=O)c4ccccc4)C(=O)c4ccccc4)ncnc32)O[C@@H]1CO[Si](C)(C)C(C)(C)C. The number of rotatable bonds is 16. The molecule has 0 aliphatic carbocycles. The Kier molecular flexibility index (Phi) is 15.1. The molecule has 2 aromatic heterocycles. The van der Waals surface area contributed by atoms with Gasteiger partial charge in [-0.05, 0) is 74.4 Å². The van der Waals surface area contributed by atoms with E-state index in [0.717, 1.165) is 4.90 Å². The number of methoxy groups -OCH3 is 1. The molecule has 1 aliphatic rings. The van der Waals surface area contributed by atoms with Crippen molar-refractivity contribution in [3.63, 3.8) is 0 Å². The Hall–Kier alpha value is -3.74. The van der Waals surface area contributed by atoms with E-state index in [4.69, 9.17) is 32.4 Å².